The molecule has 0 aliphatic carbocycles. The van der Waals surface area contributed by atoms with Crippen LogP contribution in [0.15, 0.2) is 18.2 Å². The number of nitrogens with zero attached hydrogens (tertiary/aromatic N) is 1. The van der Waals surface area contributed by atoms with Gasteiger partial charge in [-0.1, -0.05) is 11.6 Å². The van der Waals surface area contributed by atoms with Crippen molar-refractivity contribution in [3.63, 3.8) is 0 Å². The van der Waals surface area contributed by atoms with Crippen LogP contribution < -0.4 is 15.4 Å². The minimum absolute atomic E-state index is 0.312. The lowest BCUT2D eigenvalue weighted by molar-refractivity contribution is 0.398. The van der Waals surface area contributed by atoms with E-state index in [4.69, 9.17) is 22.1 Å². The van der Waals surface area contributed by atoms with E-state index >= 15 is 0 Å². The summed E-state index contributed by atoms with van der Waals surface area (Å²) in [7, 11) is 1.69. The van der Waals surface area contributed by atoms with E-state index in [2.05, 4.69) is 11.8 Å². The predicted molar refractivity (Wildman–Crippen MR) is 72.0 cm³/mol. The van der Waals surface area contributed by atoms with E-state index in [1.165, 1.54) is 0 Å². The third-order valence-corrected chi connectivity index (χ3v) is 3.60. The number of hydrogen-bond acceptors (Lipinski definition) is 3. The number of nitrogens with two attached hydrogens (primary N) is 1. The van der Waals surface area contributed by atoms with E-state index in [0.29, 0.717) is 12.1 Å². The maximum absolute atomic E-state index is 6.06. The molecule has 0 amide bonds. The zero-order valence-corrected chi connectivity index (χ0v) is 11.1. The summed E-state index contributed by atoms with van der Waals surface area (Å²) in [6.45, 7) is 3.15. The van der Waals surface area contributed by atoms with Crippen molar-refractivity contribution in [3.8, 4) is 5.75 Å². The molecule has 1 aliphatic heterocycles. The summed E-state index contributed by atoms with van der Waals surface area (Å²) in [5, 5.41) is 0.739. The molecule has 1 aliphatic rings. The Balaban J connectivity index is 2.29. The van der Waals surface area contributed by atoms with E-state index in [-0.39, 0.29) is 0 Å². The van der Waals surface area contributed by atoms with Crippen LogP contribution in [0.2, 0.25) is 5.02 Å². The number of methoxy groups -OCH3 is 1. The Bertz CT molecular complexity index is 397. The molecule has 2 atom stereocenters. The van der Waals surface area contributed by atoms with Crippen molar-refractivity contribution < 1.29 is 4.74 Å². The summed E-state index contributed by atoms with van der Waals surface area (Å²) >= 11 is 6.06. The molecule has 94 valence electrons. The van der Waals surface area contributed by atoms with E-state index in [9.17, 15) is 0 Å². The van der Waals surface area contributed by atoms with Crippen molar-refractivity contribution in [1.82, 2.24) is 0 Å². The van der Waals surface area contributed by atoms with Gasteiger partial charge >= 0.3 is 0 Å². The van der Waals surface area contributed by atoms with Crippen LogP contribution in [0, 0.1) is 0 Å². The molecular weight excluding hydrogens is 236 g/mol. The SMILES string of the molecule is COc1ccc(Cl)cc1N1CCC(N)CC1C. The molecule has 1 aromatic rings. The molecule has 2 rings (SSSR count). The zero-order chi connectivity index (χ0) is 12.4. The van der Waals surface area contributed by atoms with Gasteiger partial charge in [-0.2, -0.15) is 0 Å². The van der Waals surface area contributed by atoms with Gasteiger partial charge in [-0.05, 0) is 38.0 Å². The average molecular weight is 255 g/mol. The number of hydrogen-bond donors (Lipinski definition) is 1. The summed E-state index contributed by atoms with van der Waals surface area (Å²) in [5.74, 6) is 0.872. The van der Waals surface area contributed by atoms with Crippen molar-refractivity contribution >= 4 is 17.3 Å². The highest BCUT2D eigenvalue weighted by molar-refractivity contribution is 6.30. The standard InChI is InChI=1S/C13H19ClN2O/c1-9-7-11(15)5-6-16(9)12-8-10(14)3-4-13(12)17-2/h3-4,8-9,11H,5-7,15H2,1-2H3. The van der Waals surface area contributed by atoms with Crippen LogP contribution in [0.1, 0.15) is 19.8 Å². The van der Waals surface area contributed by atoms with Crippen LogP contribution in [0.3, 0.4) is 0 Å². The Hall–Kier alpha value is -0.930. The first-order chi connectivity index (χ1) is 8.11. The van der Waals surface area contributed by atoms with E-state index in [1.807, 2.05) is 18.2 Å². The van der Waals surface area contributed by atoms with Gasteiger partial charge in [0.15, 0.2) is 0 Å². The molecule has 1 saturated heterocycles. The van der Waals surface area contributed by atoms with Gasteiger partial charge in [0, 0.05) is 23.7 Å². The second-order valence-electron chi connectivity index (χ2n) is 4.64. The van der Waals surface area contributed by atoms with Gasteiger partial charge in [0.2, 0.25) is 0 Å². The van der Waals surface area contributed by atoms with E-state index < -0.39 is 0 Å². The summed E-state index contributed by atoms with van der Waals surface area (Å²) in [5.41, 5.74) is 7.05. The maximum Gasteiger partial charge on any atom is 0.142 e. The molecule has 1 heterocycles. The number of benzene rings is 1. The molecule has 1 fully saturated rings. The minimum atomic E-state index is 0.312. The summed E-state index contributed by atoms with van der Waals surface area (Å²) in [4.78, 5) is 2.33. The Labute approximate surface area is 107 Å². The average Bonchev–Trinajstić information content (AvgIpc) is 2.29. The topological polar surface area (TPSA) is 38.5 Å². The number of piperidine rings is 1. The van der Waals surface area contributed by atoms with Gasteiger partial charge in [0.25, 0.3) is 0 Å². The largest absolute Gasteiger partial charge is 0.495 e. The first-order valence-corrected chi connectivity index (χ1v) is 6.35. The Morgan fingerprint density at radius 2 is 2.24 bits per heavy atom. The van der Waals surface area contributed by atoms with Crippen LogP contribution in [0.4, 0.5) is 5.69 Å². The van der Waals surface area contributed by atoms with Gasteiger partial charge < -0.3 is 15.4 Å². The fourth-order valence-corrected chi connectivity index (χ4v) is 2.62. The third-order valence-electron chi connectivity index (χ3n) is 3.37. The Morgan fingerprint density at radius 1 is 1.47 bits per heavy atom. The molecule has 0 spiro atoms. The fourth-order valence-electron chi connectivity index (χ4n) is 2.45. The van der Waals surface area contributed by atoms with E-state index in [1.54, 1.807) is 7.11 Å². The number of rotatable bonds is 2. The lowest BCUT2D eigenvalue weighted by atomic mass is 9.98. The first kappa shape index (κ1) is 12.5. The van der Waals surface area contributed by atoms with Crippen LogP contribution in [-0.4, -0.2) is 25.7 Å². The van der Waals surface area contributed by atoms with Crippen molar-refractivity contribution in [3.05, 3.63) is 23.2 Å². The normalized spacial score (nSPS) is 24.8. The molecular formula is C13H19ClN2O. The lowest BCUT2D eigenvalue weighted by Gasteiger charge is -2.38. The van der Waals surface area contributed by atoms with Crippen molar-refractivity contribution in [2.24, 2.45) is 5.73 Å². The third kappa shape index (κ3) is 2.67. The number of anilines is 1. The second-order valence-corrected chi connectivity index (χ2v) is 5.08. The summed E-state index contributed by atoms with van der Waals surface area (Å²) < 4.78 is 5.40. The second kappa shape index (κ2) is 5.15. The molecule has 17 heavy (non-hydrogen) atoms. The van der Waals surface area contributed by atoms with Gasteiger partial charge in [-0.25, -0.2) is 0 Å². The molecule has 2 unspecified atom stereocenters. The maximum atomic E-state index is 6.06. The molecule has 0 bridgehead atoms. The smallest absolute Gasteiger partial charge is 0.142 e. The van der Waals surface area contributed by atoms with Crippen molar-refractivity contribution in [1.29, 1.82) is 0 Å². The molecule has 1 aromatic carbocycles. The Morgan fingerprint density at radius 3 is 2.88 bits per heavy atom. The molecule has 0 radical (unpaired) electrons. The van der Waals surface area contributed by atoms with Gasteiger partial charge in [0.05, 0.1) is 12.8 Å². The summed E-state index contributed by atoms with van der Waals surface area (Å²) in [6.07, 6.45) is 2.02. The molecule has 3 nitrogen and oxygen atoms in total. The highest BCUT2D eigenvalue weighted by Gasteiger charge is 2.25. The monoisotopic (exact) mass is 254 g/mol. The highest BCUT2D eigenvalue weighted by Crippen LogP contribution is 2.34. The number of halogens is 1. The highest BCUT2D eigenvalue weighted by atomic mass is 35.5. The van der Waals surface area contributed by atoms with Crippen LogP contribution in [-0.2, 0) is 0 Å². The predicted octanol–water partition coefficient (Wildman–Crippen LogP) is 2.66. The molecule has 2 N–H and O–H groups in total. The van der Waals surface area contributed by atoms with Crippen LogP contribution in [0.25, 0.3) is 0 Å². The molecule has 4 heteroatoms. The van der Waals surface area contributed by atoms with Crippen molar-refractivity contribution in [2.45, 2.75) is 31.8 Å². The minimum Gasteiger partial charge on any atom is -0.495 e. The van der Waals surface area contributed by atoms with Gasteiger partial charge in [-0.3, -0.25) is 0 Å². The lowest BCUT2D eigenvalue weighted by Crippen LogP contribution is -2.45. The van der Waals surface area contributed by atoms with Crippen molar-refractivity contribution in [2.75, 3.05) is 18.6 Å². The number of ether oxygens (including phenoxy) is 1. The van der Waals surface area contributed by atoms with E-state index in [0.717, 1.165) is 35.8 Å². The zero-order valence-electron chi connectivity index (χ0n) is 10.3. The quantitative estimate of drug-likeness (QED) is 0.882. The molecule has 0 saturated carbocycles. The summed E-state index contributed by atoms with van der Waals surface area (Å²) in [6, 6.07) is 6.47. The fraction of sp³-hybridized carbons (Fsp3) is 0.538. The van der Waals surface area contributed by atoms with Gasteiger partial charge in [-0.15, -0.1) is 0 Å². The van der Waals surface area contributed by atoms with Crippen LogP contribution in [0.5, 0.6) is 5.75 Å². The van der Waals surface area contributed by atoms with Crippen LogP contribution >= 0.6 is 11.6 Å². The Kier molecular flexibility index (Phi) is 3.79. The first-order valence-electron chi connectivity index (χ1n) is 5.97. The van der Waals surface area contributed by atoms with Gasteiger partial charge in [0.1, 0.15) is 5.75 Å². The molecule has 0 aromatic heterocycles.